The van der Waals surface area contributed by atoms with E-state index in [-0.39, 0.29) is 0 Å². The van der Waals surface area contributed by atoms with Crippen LogP contribution in [0.4, 0.5) is 0 Å². The SMILES string of the molecule is c1ccc(-c2ccc(-c3cc(-c4cc(-c5ccccn5)cc(-c5ccccn5)c4)cc(-c4ccc(-c5ccccn5)cc4)n3)cc2)nc1. The Labute approximate surface area is 279 Å². The summed E-state index contributed by atoms with van der Waals surface area (Å²) < 4.78 is 0. The number of benzene rings is 3. The van der Waals surface area contributed by atoms with Crippen molar-refractivity contribution < 1.29 is 0 Å². The molecule has 0 aliphatic rings. The summed E-state index contributed by atoms with van der Waals surface area (Å²) in [5, 5.41) is 0. The van der Waals surface area contributed by atoms with Crippen molar-refractivity contribution in [3.63, 3.8) is 0 Å². The highest BCUT2D eigenvalue weighted by molar-refractivity contribution is 5.83. The van der Waals surface area contributed by atoms with Gasteiger partial charge in [-0.05, 0) is 90.0 Å². The van der Waals surface area contributed by atoms with Gasteiger partial charge in [0.1, 0.15) is 0 Å². The van der Waals surface area contributed by atoms with Gasteiger partial charge >= 0.3 is 0 Å². The van der Waals surface area contributed by atoms with Crippen LogP contribution in [-0.2, 0) is 0 Å². The Kier molecular flexibility index (Phi) is 7.83. The first-order valence-corrected chi connectivity index (χ1v) is 15.8. The molecule has 0 aliphatic carbocycles. The van der Waals surface area contributed by atoms with Gasteiger partial charge in [-0.2, -0.15) is 0 Å². The Morgan fingerprint density at radius 1 is 0.229 bits per heavy atom. The van der Waals surface area contributed by atoms with Gasteiger partial charge in [-0.25, -0.2) is 4.98 Å². The second-order valence-electron chi connectivity index (χ2n) is 11.4. The lowest BCUT2D eigenvalue weighted by molar-refractivity contribution is 1.30. The molecule has 0 unspecified atom stereocenters. The zero-order valence-electron chi connectivity index (χ0n) is 26.0. The highest BCUT2D eigenvalue weighted by Gasteiger charge is 2.14. The van der Waals surface area contributed by atoms with E-state index >= 15 is 0 Å². The molecule has 0 aliphatic heterocycles. The fraction of sp³-hybridized carbons (Fsp3) is 0. The van der Waals surface area contributed by atoms with Gasteiger partial charge < -0.3 is 0 Å². The van der Waals surface area contributed by atoms with Gasteiger partial charge in [-0.15, -0.1) is 0 Å². The third-order valence-corrected chi connectivity index (χ3v) is 8.30. The lowest BCUT2D eigenvalue weighted by Crippen LogP contribution is -1.93. The summed E-state index contributed by atoms with van der Waals surface area (Å²) in [5.41, 5.74) is 13.8. The summed E-state index contributed by atoms with van der Waals surface area (Å²) in [6.45, 7) is 0. The molecule has 3 aromatic carbocycles. The first-order valence-electron chi connectivity index (χ1n) is 15.8. The zero-order chi connectivity index (χ0) is 32.1. The fourth-order valence-electron chi connectivity index (χ4n) is 5.84. The number of nitrogens with zero attached hydrogens (tertiary/aromatic N) is 5. The quantitative estimate of drug-likeness (QED) is 0.178. The van der Waals surface area contributed by atoms with Crippen molar-refractivity contribution in [3.8, 4) is 78.7 Å². The van der Waals surface area contributed by atoms with E-state index in [9.17, 15) is 0 Å². The minimum atomic E-state index is 0.881. The Morgan fingerprint density at radius 2 is 0.521 bits per heavy atom. The molecule has 8 aromatic rings. The highest BCUT2D eigenvalue weighted by atomic mass is 14.7. The topological polar surface area (TPSA) is 64.5 Å². The van der Waals surface area contributed by atoms with Gasteiger partial charge in [0.2, 0.25) is 0 Å². The first kappa shape index (κ1) is 28.9. The second kappa shape index (κ2) is 13.0. The molecule has 0 radical (unpaired) electrons. The highest BCUT2D eigenvalue weighted by Crippen LogP contribution is 2.36. The number of hydrogen-bond donors (Lipinski definition) is 0. The van der Waals surface area contributed by atoms with E-state index < -0.39 is 0 Å². The van der Waals surface area contributed by atoms with Crippen LogP contribution in [0.3, 0.4) is 0 Å². The van der Waals surface area contributed by atoms with E-state index in [4.69, 9.17) is 4.98 Å². The molecule has 0 spiro atoms. The van der Waals surface area contributed by atoms with E-state index in [1.807, 2.05) is 97.6 Å². The van der Waals surface area contributed by atoms with Crippen molar-refractivity contribution in [2.45, 2.75) is 0 Å². The van der Waals surface area contributed by atoms with Crippen LogP contribution in [0.2, 0.25) is 0 Å². The van der Waals surface area contributed by atoms with Crippen LogP contribution in [0.5, 0.6) is 0 Å². The number of hydrogen-bond acceptors (Lipinski definition) is 5. The minimum Gasteiger partial charge on any atom is -0.256 e. The molecule has 0 amide bonds. The molecule has 0 saturated heterocycles. The van der Waals surface area contributed by atoms with Crippen molar-refractivity contribution in [1.29, 1.82) is 0 Å². The Bertz CT molecular complexity index is 2130. The lowest BCUT2D eigenvalue weighted by Gasteiger charge is -2.14. The molecule has 0 bridgehead atoms. The van der Waals surface area contributed by atoms with E-state index in [1.54, 1.807) is 0 Å². The molecule has 5 heterocycles. The van der Waals surface area contributed by atoms with Crippen LogP contribution >= 0.6 is 0 Å². The Hall–Kier alpha value is -6.59. The summed E-state index contributed by atoms with van der Waals surface area (Å²) >= 11 is 0. The van der Waals surface area contributed by atoms with Gasteiger partial charge in [0.15, 0.2) is 0 Å². The molecule has 0 atom stereocenters. The number of aromatic nitrogens is 5. The van der Waals surface area contributed by atoms with E-state index in [0.717, 1.165) is 78.7 Å². The van der Waals surface area contributed by atoms with Crippen LogP contribution in [0.1, 0.15) is 0 Å². The summed E-state index contributed by atoms with van der Waals surface area (Å²) in [6, 6.07) is 51.7. The predicted molar refractivity (Wildman–Crippen MR) is 193 cm³/mol. The van der Waals surface area contributed by atoms with Gasteiger partial charge in [-0.1, -0.05) is 72.8 Å². The molecule has 8 rings (SSSR count). The summed E-state index contributed by atoms with van der Waals surface area (Å²) in [5.74, 6) is 0. The second-order valence-corrected chi connectivity index (χ2v) is 11.4. The summed E-state index contributed by atoms with van der Waals surface area (Å²) in [7, 11) is 0. The van der Waals surface area contributed by atoms with Gasteiger partial charge in [0.25, 0.3) is 0 Å². The van der Waals surface area contributed by atoms with Crippen LogP contribution in [-0.4, -0.2) is 24.9 Å². The average Bonchev–Trinajstić information content (AvgIpc) is 3.19. The van der Waals surface area contributed by atoms with Crippen LogP contribution < -0.4 is 0 Å². The maximum absolute atomic E-state index is 5.21. The van der Waals surface area contributed by atoms with E-state index in [2.05, 4.69) is 98.8 Å². The molecule has 5 aromatic heterocycles. The van der Waals surface area contributed by atoms with E-state index in [0.29, 0.717) is 0 Å². The number of pyridine rings is 5. The molecule has 5 heteroatoms. The molecule has 0 saturated carbocycles. The van der Waals surface area contributed by atoms with Gasteiger partial charge in [0, 0.05) is 58.2 Å². The van der Waals surface area contributed by atoms with Crippen LogP contribution in [0.25, 0.3) is 78.7 Å². The van der Waals surface area contributed by atoms with Crippen molar-refractivity contribution in [1.82, 2.24) is 24.9 Å². The number of rotatable bonds is 7. The summed E-state index contributed by atoms with van der Waals surface area (Å²) in [4.78, 5) is 23.6. The minimum absolute atomic E-state index is 0.881. The molecule has 0 fully saturated rings. The third-order valence-electron chi connectivity index (χ3n) is 8.30. The van der Waals surface area contributed by atoms with E-state index in [1.165, 1.54) is 0 Å². The maximum Gasteiger partial charge on any atom is 0.0715 e. The van der Waals surface area contributed by atoms with Crippen molar-refractivity contribution in [3.05, 3.63) is 176 Å². The normalized spacial score (nSPS) is 10.9. The lowest BCUT2D eigenvalue weighted by atomic mass is 9.94. The van der Waals surface area contributed by atoms with Gasteiger partial charge in [0.05, 0.1) is 34.2 Å². The molecular formula is C43H29N5. The fourth-order valence-corrected chi connectivity index (χ4v) is 5.84. The molecule has 0 N–H and O–H groups in total. The monoisotopic (exact) mass is 615 g/mol. The smallest absolute Gasteiger partial charge is 0.0715 e. The summed E-state index contributed by atoms with van der Waals surface area (Å²) in [6.07, 6.45) is 7.29. The molecule has 48 heavy (non-hydrogen) atoms. The molecular weight excluding hydrogens is 587 g/mol. The Balaban J connectivity index is 1.28. The zero-order valence-corrected chi connectivity index (χ0v) is 26.0. The van der Waals surface area contributed by atoms with Crippen LogP contribution in [0.15, 0.2) is 176 Å². The van der Waals surface area contributed by atoms with Crippen molar-refractivity contribution in [2.75, 3.05) is 0 Å². The average molecular weight is 616 g/mol. The third kappa shape index (κ3) is 6.13. The first-order chi connectivity index (χ1) is 23.8. The molecule has 226 valence electrons. The maximum atomic E-state index is 5.21. The Morgan fingerprint density at radius 3 is 0.854 bits per heavy atom. The van der Waals surface area contributed by atoms with Crippen molar-refractivity contribution >= 4 is 0 Å². The predicted octanol–water partition coefficient (Wildman–Crippen LogP) is 10.3. The largest absolute Gasteiger partial charge is 0.256 e. The standard InChI is InChI=1S/C43H29N5/c1-5-21-44-38(9-1)30-13-17-32(18-14-30)42-28-35(29-43(48-42)33-19-15-31(16-20-33)39-10-2-6-22-45-39)34-25-36(40-11-3-7-23-46-40)27-37(26-34)41-12-4-8-24-47-41/h1-29H. The van der Waals surface area contributed by atoms with Crippen molar-refractivity contribution in [2.24, 2.45) is 0 Å². The molecule has 5 nitrogen and oxygen atoms in total. The van der Waals surface area contributed by atoms with Crippen LogP contribution in [0, 0.1) is 0 Å². The van der Waals surface area contributed by atoms with Gasteiger partial charge in [-0.3, -0.25) is 19.9 Å².